The van der Waals surface area contributed by atoms with Gasteiger partial charge in [-0.1, -0.05) is 12.1 Å². The normalized spacial score (nSPS) is 13.0. The highest BCUT2D eigenvalue weighted by Crippen LogP contribution is 2.29. The minimum absolute atomic E-state index is 0.0532. The lowest BCUT2D eigenvalue weighted by Gasteiger charge is -2.24. The van der Waals surface area contributed by atoms with Crippen LogP contribution in [0.5, 0.6) is 0 Å². The SMILES string of the molecule is CC(C)(C)OC(=O)N[C@H](CCC(=O)NN)Cc1ccc(C(F)(F)F)cc1. The molecule has 1 aromatic rings. The predicted molar refractivity (Wildman–Crippen MR) is 89.9 cm³/mol. The van der Waals surface area contributed by atoms with Crippen molar-refractivity contribution in [2.45, 2.75) is 57.9 Å². The Morgan fingerprint density at radius 1 is 1.15 bits per heavy atom. The van der Waals surface area contributed by atoms with Crippen LogP contribution in [0, 0.1) is 0 Å². The molecule has 4 N–H and O–H groups in total. The summed E-state index contributed by atoms with van der Waals surface area (Å²) in [6, 6.07) is 4.14. The molecule has 0 radical (unpaired) electrons. The number of halogens is 3. The van der Waals surface area contributed by atoms with Gasteiger partial charge in [0, 0.05) is 12.5 Å². The van der Waals surface area contributed by atoms with Gasteiger partial charge in [0.1, 0.15) is 5.60 Å². The minimum atomic E-state index is -4.41. The van der Waals surface area contributed by atoms with Crippen LogP contribution in [-0.4, -0.2) is 23.6 Å². The highest BCUT2D eigenvalue weighted by Gasteiger charge is 2.30. The van der Waals surface area contributed by atoms with Gasteiger partial charge < -0.3 is 10.1 Å². The number of nitrogens with one attached hydrogen (secondary N) is 2. The molecule has 2 amide bonds. The van der Waals surface area contributed by atoms with Gasteiger partial charge >= 0.3 is 12.3 Å². The minimum Gasteiger partial charge on any atom is -0.444 e. The van der Waals surface area contributed by atoms with E-state index in [4.69, 9.17) is 10.6 Å². The Kier molecular flexibility index (Phi) is 7.43. The zero-order valence-electron chi connectivity index (χ0n) is 14.9. The molecule has 0 heterocycles. The molecule has 0 aromatic heterocycles. The summed E-state index contributed by atoms with van der Waals surface area (Å²) in [5, 5.41) is 2.64. The third-order valence-electron chi connectivity index (χ3n) is 3.37. The molecule has 26 heavy (non-hydrogen) atoms. The predicted octanol–water partition coefficient (Wildman–Crippen LogP) is 2.91. The molecule has 0 spiro atoms. The van der Waals surface area contributed by atoms with Gasteiger partial charge in [-0.25, -0.2) is 10.6 Å². The number of amides is 2. The number of ether oxygens (including phenoxy) is 1. The largest absolute Gasteiger partial charge is 0.444 e. The van der Waals surface area contributed by atoms with Gasteiger partial charge in [0.05, 0.1) is 5.56 Å². The monoisotopic (exact) mass is 375 g/mol. The third-order valence-corrected chi connectivity index (χ3v) is 3.37. The van der Waals surface area contributed by atoms with Crippen LogP contribution in [0.1, 0.15) is 44.7 Å². The summed E-state index contributed by atoms with van der Waals surface area (Å²) in [5.41, 5.74) is 1.14. The van der Waals surface area contributed by atoms with Crippen LogP contribution < -0.4 is 16.6 Å². The van der Waals surface area contributed by atoms with Crippen LogP contribution in [0.2, 0.25) is 0 Å². The van der Waals surface area contributed by atoms with Crippen molar-refractivity contribution in [3.63, 3.8) is 0 Å². The number of carbonyl (C=O) groups excluding carboxylic acids is 2. The molecule has 0 fully saturated rings. The fourth-order valence-corrected chi connectivity index (χ4v) is 2.19. The van der Waals surface area contributed by atoms with Crippen LogP contribution >= 0.6 is 0 Å². The maximum atomic E-state index is 12.6. The molecule has 146 valence electrons. The van der Waals surface area contributed by atoms with Gasteiger partial charge in [0.15, 0.2) is 0 Å². The Bertz CT molecular complexity index is 610. The molecule has 0 unspecified atom stereocenters. The standard InChI is InChI=1S/C17H24F3N3O3/c1-16(2,3)26-15(25)22-13(8-9-14(24)23-21)10-11-4-6-12(7-5-11)17(18,19)20/h4-7,13H,8-10,21H2,1-3H3,(H,22,25)(H,23,24)/t13-/m1/s1. The first-order valence-electron chi connectivity index (χ1n) is 8.06. The van der Waals surface area contributed by atoms with E-state index >= 15 is 0 Å². The topological polar surface area (TPSA) is 93.4 Å². The van der Waals surface area contributed by atoms with Crippen molar-refractivity contribution < 1.29 is 27.5 Å². The lowest BCUT2D eigenvalue weighted by Crippen LogP contribution is -2.41. The molecule has 0 aliphatic heterocycles. The van der Waals surface area contributed by atoms with E-state index in [1.807, 2.05) is 5.43 Å². The van der Waals surface area contributed by atoms with Crippen molar-refractivity contribution in [2.24, 2.45) is 5.84 Å². The number of nitrogens with two attached hydrogens (primary N) is 1. The number of alkyl halides is 3. The lowest BCUT2D eigenvalue weighted by atomic mass is 10.0. The molecule has 0 bridgehead atoms. The van der Waals surface area contributed by atoms with Crippen molar-refractivity contribution in [1.29, 1.82) is 0 Å². The molecule has 1 aromatic carbocycles. The van der Waals surface area contributed by atoms with Gasteiger partial charge in [-0.05, 0) is 51.3 Å². The summed E-state index contributed by atoms with van der Waals surface area (Å²) in [7, 11) is 0. The number of benzene rings is 1. The maximum Gasteiger partial charge on any atom is 0.416 e. The molecule has 0 saturated carbocycles. The first-order chi connectivity index (χ1) is 11.9. The Balaban J connectivity index is 2.80. The number of hydrazine groups is 1. The quantitative estimate of drug-likeness (QED) is 0.405. The lowest BCUT2D eigenvalue weighted by molar-refractivity contribution is -0.137. The summed E-state index contributed by atoms with van der Waals surface area (Å²) in [4.78, 5) is 23.3. The molecule has 9 heteroatoms. The van der Waals surface area contributed by atoms with Gasteiger partial charge in [-0.3, -0.25) is 10.2 Å². The number of carbonyl (C=O) groups is 2. The average molecular weight is 375 g/mol. The summed E-state index contributed by atoms with van der Waals surface area (Å²) in [5.74, 6) is 4.63. The molecule has 1 atom stereocenters. The fraction of sp³-hybridized carbons (Fsp3) is 0.529. The molecule has 1 rings (SSSR count). The summed E-state index contributed by atoms with van der Waals surface area (Å²) in [6.45, 7) is 5.12. The number of hydrogen-bond donors (Lipinski definition) is 3. The zero-order valence-corrected chi connectivity index (χ0v) is 14.9. The van der Waals surface area contributed by atoms with Crippen molar-refractivity contribution in [1.82, 2.24) is 10.7 Å². The highest BCUT2D eigenvalue weighted by atomic mass is 19.4. The Morgan fingerprint density at radius 2 is 1.73 bits per heavy atom. The number of rotatable bonds is 6. The number of alkyl carbamates (subject to hydrolysis) is 1. The molecular weight excluding hydrogens is 351 g/mol. The summed E-state index contributed by atoms with van der Waals surface area (Å²) in [6.07, 6.45) is -4.52. The van der Waals surface area contributed by atoms with E-state index in [-0.39, 0.29) is 19.3 Å². The van der Waals surface area contributed by atoms with Crippen LogP contribution in [-0.2, 0) is 22.1 Å². The second-order valence-corrected chi connectivity index (χ2v) is 6.85. The number of hydrogen-bond acceptors (Lipinski definition) is 4. The first-order valence-corrected chi connectivity index (χ1v) is 8.06. The van der Waals surface area contributed by atoms with Gasteiger partial charge in [-0.2, -0.15) is 13.2 Å². The van der Waals surface area contributed by atoms with Crippen LogP contribution in [0.25, 0.3) is 0 Å². The van der Waals surface area contributed by atoms with Gasteiger partial charge in [0.2, 0.25) is 5.91 Å². The zero-order chi connectivity index (χ0) is 20.0. The van der Waals surface area contributed by atoms with Crippen LogP contribution in [0.15, 0.2) is 24.3 Å². The summed E-state index contributed by atoms with van der Waals surface area (Å²) < 4.78 is 43.1. The van der Waals surface area contributed by atoms with Gasteiger partial charge in [0.25, 0.3) is 0 Å². The molecule has 0 aliphatic rings. The van der Waals surface area contributed by atoms with E-state index in [1.54, 1.807) is 20.8 Å². The summed E-state index contributed by atoms with van der Waals surface area (Å²) >= 11 is 0. The Hall–Kier alpha value is -2.29. The Morgan fingerprint density at radius 3 is 2.19 bits per heavy atom. The Labute approximate surface area is 150 Å². The van der Waals surface area contributed by atoms with Crippen LogP contribution in [0.4, 0.5) is 18.0 Å². The third kappa shape index (κ3) is 8.19. The van der Waals surface area contributed by atoms with E-state index in [2.05, 4.69) is 5.32 Å². The van der Waals surface area contributed by atoms with E-state index in [1.165, 1.54) is 12.1 Å². The maximum absolute atomic E-state index is 12.6. The molecule has 6 nitrogen and oxygen atoms in total. The van der Waals surface area contributed by atoms with Gasteiger partial charge in [-0.15, -0.1) is 0 Å². The van der Waals surface area contributed by atoms with E-state index < -0.39 is 35.4 Å². The molecule has 0 saturated heterocycles. The van der Waals surface area contributed by atoms with E-state index in [0.29, 0.717) is 5.56 Å². The van der Waals surface area contributed by atoms with Crippen molar-refractivity contribution in [3.8, 4) is 0 Å². The first kappa shape index (κ1) is 21.8. The van der Waals surface area contributed by atoms with Crippen molar-refractivity contribution >= 4 is 12.0 Å². The van der Waals surface area contributed by atoms with E-state index in [0.717, 1.165) is 12.1 Å². The second kappa shape index (κ2) is 8.88. The highest BCUT2D eigenvalue weighted by molar-refractivity contribution is 5.75. The fourth-order valence-electron chi connectivity index (χ4n) is 2.19. The van der Waals surface area contributed by atoms with Crippen molar-refractivity contribution in [3.05, 3.63) is 35.4 Å². The molecule has 0 aliphatic carbocycles. The van der Waals surface area contributed by atoms with E-state index in [9.17, 15) is 22.8 Å². The van der Waals surface area contributed by atoms with Crippen LogP contribution in [0.3, 0.4) is 0 Å². The smallest absolute Gasteiger partial charge is 0.416 e. The van der Waals surface area contributed by atoms with Crippen molar-refractivity contribution in [2.75, 3.05) is 0 Å². The molecular formula is C17H24F3N3O3. The second-order valence-electron chi connectivity index (χ2n) is 6.85. The average Bonchev–Trinajstić information content (AvgIpc) is 2.50.